The van der Waals surface area contributed by atoms with Crippen molar-refractivity contribution in [3.63, 3.8) is 0 Å². The number of aryl methyl sites for hydroxylation is 1. The molecule has 0 aliphatic rings. The first-order chi connectivity index (χ1) is 12.4. The molecule has 0 atom stereocenters. The van der Waals surface area contributed by atoms with Gasteiger partial charge in [0.15, 0.2) is 0 Å². The lowest BCUT2D eigenvalue weighted by Crippen LogP contribution is -2.10. The van der Waals surface area contributed by atoms with Gasteiger partial charge in [0.2, 0.25) is 5.88 Å². The van der Waals surface area contributed by atoms with Gasteiger partial charge in [0.05, 0.1) is 21.2 Å². The molecule has 2 aromatic carbocycles. The van der Waals surface area contributed by atoms with Gasteiger partial charge in [-0.15, -0.1) is 10.2 Å². The molecule has 0 aliphatic heterocycles. The second-order valence-electron chi connectivity index (χ2n) is 5.43. The monoisotopic (exact) mass is 369 g/mol. The Bertz CT molecular complexity index is 973. The fourth-order valence-electron chi connectivity index (χ4n) is 2.19. The molecule has 0 bridgehead atoms. The third kappa shape index (κ3) is 3.84. The molecule has 130 valence electrons. The number of halogens is 1. The molecule has 3 rings (SSSR count). The number of carbonyl (C=O) groups excluding carboxylic acids is 1. The molecule has 3 aromatic rings. The van der Waals surface area contributed by atoms with Crippen molar-refractivity contribution < 1.29 is 14.5 Å². The number of ether oxygens (including phenoxy) is 1. The maximum Gasteiger partial charge on any atom is 0.346 e. The van der Waals surface area contributed by atoms with Crippen molar-refractivity contribution >= 4 is 23.3 Å². The Hall–Kier alpha value is -3.32. The second kappa shape index (κ2) is 7.28. The van der Waals surface area contributed by atoms with E-state index in [1.807, 2.05) is 31.2 Å². The van der Waals surface area contributed by atoms with E-state index in [1.54, 1.807) is 6.07 Å². The molecule has 8 heteroatoms. The molecular formula is C18H12ClN3O4. The summed E-state index contributed by atoms with van der Waals surface area (Å²) in [5.74, 6) is -0.775. The molecule has 0 spiro atoms. The number of benzene rings is 2. The molecule has 0 saturated heterocycles. The minimum atomic E-state index is -0.776. The van der Waals surface area contributed by atoms with Crippen LogP contribution in [0.4, 0.5) is 5.69 Å². The van der Waals surface area contributed by atoms with Gasteiger partial charge in [-0.3, -0.25) is 10.1 Å². The fourth-order valence-corrected chi connectivity index (χ4v) is 2.44. The lowest BCUT2D eigenvalue weighted by molar-refractivity contribution is -0.384. The topological polar surface area (TPSA) is 95.2 Å². The van der Waals surface area contributed by atoms with Gasteiger partial charge in [0, 0.05) is 23.8 Å². The quantitative estimate of drug-likeness (QED) is 0.388. The normalized spacial score (nSPS) is 10.4. The lowest BCUT2D eigenvalue weighted by Gasteiger charge is -2.05. The van der Waals surface area contributed by atoms with Gasteiger partial charge in [-0.1, -0.05) is 41.4 Å². The number of carbonyl (C=O) groups is 1. The maximum absolute atomic E-state index is 12.2. The molecule has 0 N–H and O–H groups in total. The van der Waals surface area contributed by atoms with E-state index in [9.17, 15) is 14.9 Å². The second-order valence-corrected chi connectivity index (χ2v) is 5.84. The van der Waals surface area contributed by atoms with Crippen LogP contribution in [-0.4, -0.2) is 21.1 Å². The van der Waals surface area contributed by atoms with E-state index in [-0.39, 0.29) is 22.2 Å². The van der Waals surface area contributed by atoms with Gasteiger partial charge in [-0.05, 0) is 19.1 Å². The minimum Gasteiger partial charge on any atom is -0.402 e. The number of nitro benzene ring substituents is 1. The summed E-state index contributed by atoms with van der Waals surface area (Å²) in [6.07, 6.45) is 0. The van der Waals surface area contributed by atoms with E-state index in [0.29, 0.717) is 5.69 Å². The van der Waals surface area contributed by atoms with Crippen LogP contribution in [0.15, 0.2) is 54.6 Å². The number of hydrogen-bond acceptors (Lipinski definition) is 6. The first-order valence-corrected chi connectivity index (χ1v) is 7.89. The molecule has 0 amide bonds. The minimum absolute atomic E-state index is 0.000260. The molecular weight excluding hydrogens is 358 g/mol. The first-order valence-electron chi connectivity index (χ1n) is 7.51. The van der Waals surface area contributed by atoms with E-state index in [4.69, 9.17) is 16.3 Å². The van der Waals surface area contributed by atoms with Crippen LogP contribution in [0.5, 0.6) is 5.88 Å². The average molecular weight is 370 g/mol. The Labute approximate surface area is 153 Å². The first kappa shape index (κ1) is 17.5. The standard InChI is InChI=1S/C18H12ClN3O4/c1-11-2-4-12(5-3-11)16-8-9-17(21-20-16)26-18(23)14-7-6-13(22(24)25)10-15(14)19/h2-10H,1H3. The van der Waals surface area contributed by atoms with Gasteiger partial charge >= 0.3 is 5.97 Å². The van der Waals surface area contributed by atoms with E-state index in [0.717, 1.165) is 17.2 Å². The zero-order chi connectivity index (χ0) is 18.7. The molecule has 0 saturated carbocycles. The number of nitrogens with zero attached hydrogens (tertiary/aromatic N) is 3. The Morgan fingerprint density at radius 3 is 2.38 bits per heavy atom. The van der Waals surface area contributed by atoms with Crippen LogP contribution in [0.1, 0.15) is 15.9 Å². The van der Waals surface area contributed by atoms with Crippen molar-refractivity contribution in [1.29, 1.82) is 0 Å². The van der Waals surface area contributed by atoms with Crippen molar-refractivity contribution in [2.45, 2.75) is 6.92 Å². The largest absolute Gasteiger partial charge is 0.402 e. The number of nitro groups is 1. The molecule has 26 heavy (non-hydrogen) atoms. The average Bonchev–Trinajstić information content (AvgIpc) is 2.63. The summed E-state index contributed by atoms with van der Waals surface area (Å²) in [6, 6.07) is 14.4. The zero-order valence-electron chi connectivity index (χ0n) is 13.5. The van der Waals surface area contributed by atoms with Crippen LogP contribution in [-0.2, 0) is 0 Å². The molecule has 1 heterocycles. The van der Waals surface area contributed by atoms with Gasteiger partial charge < -0.3 is 4.74 Å². The van der Waals surface area contributed by atoms with Crippen LogP contribution in [0.25, 0.3) is 11.3 Å². The summed E-state index contributed by atoms with van der Waals surface area (Å²) in [4.78, 5) is 22.3. The highest BCUT2D eigenvalue weighted by Crippen LogP contribution is 2.24. The van der Waals surface area contributed by atoms with Gasteiger partial charge in [-0.2, -0.15) is 0 Å². The third-order valence-corrected chi connectivity index (χ3v) is 3.88. The van der Waals surface area contributed by atoms with E-state index < -0.39 is 10.9 Å². The Morgan fingerprint density at radius 1 is 1.08 bits per heavy atom. The summed E-state index contributed by atoms with van der Waals surface area (Å²) in [5, 5.41) is 18.5. The van der Waals surface area contributed by atoms with Crippen LogP contribution >= 0.6 is 11.6 Å². The highest BCUT2D eigenvalue weighted by atomic mass is 35.5. The van der Waals surface area contributed by atoms with Crippen molar-refractivity contribution in [3.05, 3.63) is 80.9 Å². The Balaban J connectivity index is 1.75. The number of aromatic nitrogens is 2. The van der Waals surface area contributed by atoms with Crippen molar-refractivity contribution in [1.82, 2.24) is 10.2 Å². The van der Waals surface area contributed by atoms with Crippen molar-refractivity contribution in [2.75, 3.05) is 0 Å². The van der Waals surface area contributed by atoms with E-state index in [1.165, 1.54) is 18.2 Å². The number of hydrogen-bond donors (Lipinski definition) is 0. The highest BCUT2D eigenvalue weighted by Gasteiger charge is 2.17. The highest BCUT2D eigenvalue weighted by molar-refractivity contribution is 6.33. The van der Waals surface area contributed by atoms with Crippen LogP contribution in [0.2, 0.25) is 5.02 Å². The lowest BCUT2D eigenvalue weighted by atomic mass is 10.1. The van der Waals surface area contributed by atoms with Gasteiger partial charge in [-0.25, -0.2) is 4.79 Å². The third-order valence-electron chi connectivity index (χ3n) is 3.57. The van der Waals surface area contributed by atoms with Crippen LogP contribution < -0.4 is 4.74 Å². The Kier molecular flexibility index (Phi) is 4.90. The van der Waals surface area contributed by atoms with Crippen LogP contribution in [0.3, 0.4) is 0 Å². The predicted molar refractivity (Wildman–Crippen MR) is 95.3 cm³/mol. The fraction of sp³-hybridized carbons (Fsp3) is 0.0556. The van der Waals surface area contributed by atoms with Crippen molar-refractivity contribution in [3.8, 4) is 17.1 Å². The summed E-state index contributed by atoms with van der Waals surface area (Å²) < 4.78 is 5.12. The molecule has 1 aromatic heterocycles. The SMILES string of the molecule is Cc1ccc(-c2ccc(OC(=O)c3ccc([N+](=O)[O-])cc3Cl)nn2)cc1. The van der Waals surface area contributed by atoms with Crippen LogP contribution in [0, 0.1) is 17.0 Å². The van der Waals surface area contributed by atoms with Gasteiger partial charge in [0.1, 0.15) is 0 Å². The number of non-ortho nitro benzene ring substituents is 1. The summed E-state index contributed by atoms with van der Waals surface area (Å²) in [6.45, 7) is 1.99. The van der Waals surface area contributed by atoms with Gasteiger partial charge in [0.25, 0.3) is 5.69 Å². The molecule has 0 radical (unpaired) electrons. The molecule has 0 aliphatic carbocycles. The molecule has 0 fully saturated rings. The smallest absolute Gasteiger partial charge is 0.346 e. The van der Waals surface area contributed by atoms with E-state index >= 15 is 0 Å². The molecule has 7 nitrogen and oxygen atoms in total. The Morgan fingerprint density at radius 2 is 1.81 bits per heavy atom. The molecule has 0 unspecified atom stereocenters. The predicted octanol–water partition coefficient (Wildman–Crippen LogP) is 4.23. The number of esters is 1. The maximum atomic E-state index is 12.2. The van der Waals surface area contributed by atoms with E-state index in [2.05, 4.69) is 10.2 Å². The summed E-state index contributed by atoms with van der Waals surface area (Å²) >= 11 is 5.91. The summed E-state index contributed by atoms with van der Waals surface area (Å²) in [5.41, 5.74) is 2.44. The van der Waals surface area contributed by atoms with Crippen molar-refractivity contribution in [2.24, 2.45) is 0 Å². The summed E-state index contributed by atoms with van der Waals surface area (Å²) in [7, 11) is 0. The zero-order valence-corrected chi connectivity index (χ0v) is 14.3. The number of rotatable bonds is 4.